The molecule has 0 heterocycles. The molecule has 0 radical (unpaired) electrons. The van der Waals surface area contributed by atoms with E-state index >= 15 is 0 Å². The largest absolute Gasteiger partial charge is 0.330 e. The highest BCUT2D eigenvalue weighted by atomic mass is 14.5. The van der Waals surface area contributed by atoms with Gasteiger partial charge in [0.2, 0.25) is 0 Å². The molecule has 1 nitrogen and oxygen atoms in total. The van der Waals surface area contributed by atoms with Crippen LogP contribution in [0.5, 0.6) is 0 Å². The highest BCUT2D eigenvalue weighted by Gasteiger charge is 2.17. The molecule has 0 aliphatic carbocycles. The van der Waals surface area contributed by atoms with Crippen LogP contribution in [0, 0.1) is 12.3 Å². The van der Waals surface area contributed by atoms with E-state index in [1.165, 1.54) is 11.1 Å². The maximum Gasteiger partial charge on any atom is -0.00721 e. The van der Waals surface area contributed by atoms with Gasteiger partial charge in [-0.3, -0.25) is 0 Å². The van der Waals surface area contributed by atoms with Gasteiger partial charge in [0.1, 0.15) is 0 Å². The van der Waals surface area contributed by atoms with Crippen LogP contribution in [0.2, 0.25) is 0 Å². The topological polar surface area (TPSA) is 26.0 Å². The average molecular weight is 191 g/mol. The van der Waals surface area contributed by atoms with Gasteiger partial charge in [-0.2, -0.15) is 0 Å². The molecule has 0 fully saturated rings. The molecule has 2 N–H and O–H groups in total. The molecule has 0 saturated carbocycles. The Kier molecular flexibility index (Phi) is 3.70. The van der Waals surface area contributed by atoms with E-state index in [2.05, 4.69) is 45.0 Å². The molecular formula is C13H21N. The molecule has 0 unspecified atom stereocenters. The first-order valence-electron chi connectivity index (χ1n) is 5.29. The van der Waals surface area contributed by atoms with Crippen molar-refractivity contribution < 1.29 is 0 Å². The summed E-state index contributed by atoms with van der Waals surface area (Å²) in [7, 11) is 0. The summed E-state index contributed by atoms with van der Waals surface area (Å²) in [6, 6.07) is 8.73. The average Bonchev–Trinajstić information content (AvgIpc) is 2.02. The Morgan fingerprint density at radius 1 is 1.29 bits per heavy atom. The third-order valence-electron chi connectivity index (χ3n) is 2.59. The van der Waals surface area contributed by atoms with E-state index in [9.17, 15) is 0 Å². The Morgan fingerprint density at radius 2 is 2.00 bits per heavy atom. The first-order valence-corrected chi connectivity index (χ1v) is 5.29. The Labute approximate surface area is 87.3 Å². The Bertz CT molecular complexity index is 289. The summed E-state index contributed by atoms with van der Waals surface area (Å²) in [6.45, 7) is 7.47. The van der Waals surface area contributed by atoms with Gasteiger partial charge in [-0.25, -0.2) is 0 Å². The third kappa shape index (κ3) is 3.51. The minimum Gasteiger partial charge on any atom is -0.330 e. The van der Waals surface area contributed by atoms with E-state index in [1.54, 1.807) is 0 Å². The lowest BCUT2D eigenvalue weighted by Gasteiger charge is -2.24. The van der Waals surface area contributed by atoms with Crippen LogP contribution in [-0.4, -0.2) is 6.54 Å². The fourth-order valence-electron chi connectivity index (χ4n) is 1.85. The highest BCUT2D eigenvalue weighted by molar-refractivity contribution is 5.23. The van der Waals surface area contributed by atoms with Gasteiger partial charge in [0.25, 0.3) is 0 Å². The highest BCUT2D eigenvalue weighted by Crippen LogP contribution is 2.25. The Hall–Kier alpha value is -0.820. The second-order valence-corrected chi connectivity index (χ2v) is 4.87. The van der Waals surface area contributed by atoms with Gasteiger partial charge in [-0.15, -0.1) is 0 Å². The van der Waals surface area contributed by atoms with Crippen LogP contribution in [-0.2, 0) is 6.42 Å². The molecule has 1 aromatic carbocycles. The van der Waals surface area contributed by atoms with Gasteiger partial charge in [-0.1, -0.05) is 43.7 Å². The summed E-state index contributed by atoms with van der Waals surface area (Å²) in [5.41, 5.74) is 8.68. The first-order chi connectivity index (χ1) is 6.53. The van der Waals surface area contributed by atoms with Crippen molar-refractivity contribution in [1.29, 1.82) is 0 Å². The molecule has 1 aromatic rings. The van der Waals surface area contributed by atoms with E-state index in [4.69, 9.17) is 5.73 Å². The minimum atomic E-state index is 0.322. The van der Waals surface area contributed by atoms with Crippen molar-refractivity contribution in [2.75, 3.05) is 6.54 Å². The maximum atomic E-state index is 5.60. The SMILES string of the molecule is Cc1cccc(CC(C)(C)CCN)c1. The molecule has 14 heavy (non-hydrogen) atoms. The monoisotopic (exact) mass is 191 g/mol. The van der Waals surface area contributed by atoms with Crippen LogP contribution in [0.1, 0.15) is 31.4 Å². The summed E-state index contributed by atoms with van der Waals surface area (Å²) >= 11 is 0. The van der Waals surface area contributed by atoms with Crippen LogP contribution >= 0.6 is 0 Å². The van der Waals surface area contributed by atoms with Gasteiger partial charge in [0.05, 0.1) is 0 Å². The number of rotatable bonds is 4. The van der Waals surface area contributed by atoms with E-state index < -0.39 is 0 Å². The molecule has 0 aliphatic rings. The lowest BCUT2D eigenvalue weighted by atomic mass is 9.82. The molecule has 78 valence electrons. The maximum absolute atomic E-state index is 5.60. The number of hydrogen-bond acceptors (Lipinski definition) is 1. The molecular weight excluding hydrogens is 170 g/mol. The zero-order valence-corrected chi connectivity index (χ0v) is 9.51. The van der Waals surface area contributed by atoms with E-state index in [0.29, 0.717) is 5.41 Å². The fraction of sp³-hybridized carbons (Fsp3) is 0.538. The number of aryl methyl sites for hydroxylation is 1. The molecule has 1 heteroatoms. The zero-order valence-electron chi connectivity index (χ0n) is 9.51. The van der Waals surface area contributed by atoms with Gasteiger partial charge < -0.3 is 5.73 Å². The van der Waals surface area contributed by atoms with Crippen molar-refractivity contribution in [3.05, 3.63) is 35.4 Å². The minimum absolute atomic E-state index is 0.322. The molecule has 1 rings (SSSR count). The van der Waals surface area contributed by atoms with Crippen molar-refractivity contribution in [2.24, 2.45) is 11.1 Å². The Balaban J connectivity index is 2.68. The van der Waals surface area contributed by atoms with Gasteiger partial charge in [0.15, 0.2) is 0 Å². The predicted octanol–water partition coefficient (Wildman–Crippen LogP) is 2.91. The normalized spacial score (nSPS) is 11.7. The third-order valence-corrected chi connectivity index (χ3v) is 2.59. The lowest BCUT2D eigenvalue weighted by Crippen LogP contribution is -2.19. The van der Waals surface area contributed by atoms with E-state index in [-0.39, 0.29) is 0 Å². The van der Waals surface area contributed by atoms with Crippen LogP contribution in [0.4, 0.5) is 0 Å². The van der Waals surface area contributed by atoms with Crippen LogP contribution in [0.15, 0.2) is 24.3 Å². The number of nitrogens with two attached hydrogens (primary N) is 1. The van der Waals surface area contributed by atoms with Crippen molar-refractivity contribution in [2.45, 2.75) is 33.6 Å². The fourth-order valence-corrected chi connectivity index (χ4v) is 1.85. The van der Waals surface area contributed by atoms with Crippen molar-refractivity contribution in [1.82, 2.24) is 0 Å². The van der Waals surface area contributed by atoms with Crippen molar-refractivity contribution in [3.8, 4) is 0 Å². The van der Waals surface area contributed by atoms with Crippen molar-refractivity contribution in [3.63, 3.8) is 0 Å². The number of hydrogen-bond donors (Lipinski definition) is 1. The molecule has 0 bridgehead atoms. The van der Waals surface area contributed by atoms with Crippen LogP contribution < -0.4 is 5.73 Å². The molecule has 0 atom stereocenters. The van der Waals surface area contributed by atoms with Crippen LogP contribution in [0.25, 0.3) is 0 Å². The lowest BCUT2D eigenvalue weighted by molar-refractivity contribution is 0.339. The second kappa shape index (κ2) is 4.61. The zero-order chi connectivity index (χ0) is 10.6. The van der Waals surface area contributed by atoms with Crippen LogP contribution in [0.3, 0.4) is 0 Å². The molecule has 0 aromatic heterocycles. The van der Waals surface area contributed by atoms with Gasteiger partial charge in [-0.05, 0) is 37.3 Å². The smallest absolute Gasteiger partial charge is 0.00721 e. The summed E-state index contributed by atoms with van der Waals surface area (Å²) < 4.78 is 0. The Morgan fingerprint density at radius 3 is 2.57 bits per heavy atom. The van der Waals surface area contributed by atoms with E-state index in [0.717, 1.165) is 19.4 Å². The summed E-state index contributed by atoms with van der Waals surface area (Å²) in [4.78, 5) is 0. The number of benzene rings is 1. The summed E-state index contributed by atoms with van der Waals surface area (Å²) in [5, 5.41) is 0. The molecule has 0 amide bonds. The molecule has 0 saturated heterocycles. The first kappa shape index (κ1) is 11.3. The second-order valence-electron chi connectivity index (χ2n) is 4.87. The van der Waals surface area contributed by atoms with Gasteiger partial charge in [0, 0.05) is 0 Å². The molecule has 0 aliphatic heterocycles. The molecule has 0 spiro atoms. The van der Waals surface area contributed by atoms with Crippen molar-refractivity contribution >= 4 is 0 Å². The standard InChI is InChI=1S/C13H21N/c1-11-5-4-6-12(9-11)10-13(2,3)7-8-14/h4-6,9H,7-8,10,14H2,1-3H3. The summed E-state index contributed by atoms with van der Waals surface area (Å²) in [5.74, 6) is 0. The predicted molar refractivity (Wildman–Crippen MR) is 62.3 cm³/mol. The van der Waals surface area contributed by atoms with E-state index in [1.807, 2.05) is 0 Å². The van der Waals surface area contributed by atoms with Gasteiger partial charge >= 0.3 is 0 Å². The summed E-state index contributed by atoms with van der Waals surface area (Å²) in [6.07, 6.45) is 2.20. The quantitative estimate of drug-likeness (QED) is 0.778.